The van der Waals surface area contributed by atoms with Gasteiger partial charge in [0.25, 0.3) is 5.91 Å². The van der Waals surface area contributed by atoms with E-state index in [-0.39, 0.29) is 5.91 Å². The Morgan fingerprint density at radius 1 is 1.50 bits per heavy atom. The lowest BCUT2D eigenvalue weighted by Gasteiger charge is -2.18. The second-order valence-electron chi connectivity index (χ2n) is 5.28. The van der Waals surface area contributed by atoms with Gasteiger partial charge in [-0.1, -0.05) is 25.4 Å². The van der Waals surface area contributed by atoms with Gasteiger partial charge in [0.05, 0.1) is 10.7 Å². The maximum absolute atomic E-state index is 12.3. The summed E-state index contributed by atoms with van der Waals surface area (Å²) in [6, 6.07) is 5.08. The smallest absolute Gasteiger partial charge is 0.253 e. The van der Waals surface area contributed by atoms with E-state index in [4.69, 9.17) is 17.3 Å². The van der Waals surface area contributed by atoms with Crippen molar-refractivity contribution in [2.75, 3.05) is 18.8 Å². The highest BCUT2D eigenvalue weighted by molar-refractivity contribution is 6.33. The molecule has 2 rings (SSSR count). The van der Waals surface area contributed by atoms with E-state index in [0.717, 1.165) is 19.5 Å². The van der Waals surface area contributed by atoms with Gasteiger partial charge in [0.2, 0.25) is 0 Å². The molecule has 1 aromatic rings. The number of carbonyl (C=O) groups excluding carboxylic acids is 1. The lowest BCUT2D eigenvalue weighted by Crippen LogP contribution is -2.29. The molecule has 1 fully saturated rings. The van der Waals surface area contributed by atoms with Crippen LogP contribution in [-0.4, -0.2) is 23.9 Å². The molecule has 98 valence electrons. The number of amides is 1. The third-order valence-corrected chi connectivity index (χ3v) is 4.04. The lowest BCUT2D eigenvalue weighted by atomic mass is 9.95. The van der Waals surface area contributed by atoms with Crippen LogP contribution in [-0.2, 0) is 0 Å². The number of benzene rings is 1. The Kier molecular flexibility index (Phi) is 3.81. The van der Waals surface area contributed by atoms with Crippen LogP contribution in [0.4, 0.5) is 5.69 Å². The highest BCUT2D eigenvalue weighted by Crippen LogP contribution is 2.26. The van der Waals surface area contributed by atoms with Crippen LogP contribution in [0.15, 0.2) is 18.2 Å². The van der Waals surface area contributed by atoms with Gasteiger partial charge < -0.3 is 10.6 Å². The summed E-state index contributed by atoms with van der Waals surface area (Å²) in [7, 11) is 0. The van der Waals surface area contributed by atoms with Crippen LogP contribution in [0.1, 0.15) is 30.6 Å². The number of nitrogens with two attached hydrogens (primary N) is 1. The summed E-state index contributed by atoms with van der Waals surface area (Å²) < 4.78 is 0. The topological polar surface area (TPSA) is 46.3 Å². The van der Waals surface area contributed by atoms with E-state index in [1.54, 1.807) is 18.2 Å². The maximum atomic E-state index is 12.3. The number of nitrogen functional groups attached to an aromatic ring is 1. The van der Waals surface area contributed by atoms with Crippen LogP contribution in [0.3, 0.4) is 0 Å². The summed E-state index contributed by atoms with van der Waals surface area (Å²) >= 11 is 5.86. The molecule has 4 heteroatoms. The third-order valence-electron chi connectivity index (χ3n) is 3.70. The highest BCUT2D eigenvalue weighted by Gasteiger charge is 2.28. The number of rotatable bonds is 2. The predicted molar refractivity (Wildman–Crippen MR) is 74.7 cm³/mol. The fourth-order valence-corrected chi connectivity index (χ4v) is 2.49. The first kappa shape index (κ1) is 13.2. The van der Waals surface area contributed by atoms with Crippen molar-refractivity contribution in [3.63, 3.8) is 0 Å². The molecule has 1 heterocycles. The molecule has 0 saturated carbocycles. The van der Waals surface area contributed by atoms with Crippen LogP contribution in [0, 0.1) is 11.8 Å². The number of hydrogen-bond donors (Lipinski definition) is 1. The van der Waals surface area contributed by atoms with Gasteiger partial charge >= 0.3 is 0 Å². The van der Waals surface area contributed by atoms with Crippen molar-refractivity contribution < 1.29 is 4.79 Å². The second kappa shape index (κ2) is 5.19. The molecule has 1 atom stereocenters. The molecular weight excluding hydrogens is 248 g/mol. The monoisotopic (exact) mass is 266 g/mol. The number of likely N-dealkylation sites (tertiary alicyclic amines) is 1. The van der Waals surface area contributed by atoms with Gasteiger partial charge in [0, 0.05) is 18.7 Å². The molecule has 0 spiro atoms. The fourth-order valence-electron chi connectivity index (χ4n) is 2.38. The Labute approximate surface area is 113 Å². The molecular formula is C14H19ClN2O. The molecule has 0 bridgehead atoms. The summed E-state index contributed by atoms with van der Waals surface area (Å²) in [5.41, 5.74) is 6.82. The minimum absolute atomic E-state index is 0.0570. The van der Waals surface area contributed by atoms with Gasteiger partial charge in [-0.15, -0.1) is 0 Å². The van der Waals surface area contributed by atoms with Gasteiger partial charge in [0.15, 0.2) is 0 Å². The zero-order valence-corrected chi connectivity index (χ0v) is 11.6. The van der Waals surface area contributed by atoms with E-state index in [2.05, 4.69) is 13.8 Å². The molecule has 1 amide bonds. The molecule has 1 saturated heterocycles. The van der Waals surface area contributed by atoms with Crippen molar-refractivity contribution in [2.24, 2.45) is 11.8 Å². The number of anilines is 1. The second-order valence-corrected chi connectivity index (χ2v) is 5.69. The van der Waals surface area contributed by atoms with Crippen molar-refractivity contribution in [3.05, 3.63) is 28.8 Å². The fraction of sp³-hybridized carbons (Fsp3) is 0.500. The van der Waals surface area contributed by atoms with Crippen molar-refractivity contribution in [1.29, 1.82) is 0 Å². The van der Waals surface area contributed by atoms with Gasteiger partial charge in [-0.2, -0.15) is 0 Å². The van der Waals surface area contributed by atoms with Crippen molar-refractivity contribution >= 4 is 23.2 Å². The number of halogens is 1. The van der Waals surface area contributed by atoms with Crippen LogP contribution < -0.4 is 5.73 Å². The average Bonchev–Trinajstić information content (AvgIpc) is 2.81. The Bertz CT molecular complexity index is 459. The van der Waals surface area contributed by atoms with Crippen molar-refractivity contribution in [1.82, 2.24) is 4.90 Å². The maximum Gasteiger partial charge on any atom is 0.253 e. The largest absolute Gasteiger partial charge is 0.398 e. The van der Waals surface area contributed by atoms with Gasteiger partial charge in [-0.3, -0.25) is 4.79 Å². The van der Waals surface area contributed by atoms with Crippen LogP contribution >= 0.6 is 11.6 Å². The van der Waals surface area contributed by atoms with Gasteiger partial charge in [-0.25, -0.2) is 0 Å². The van der Waals surface area contributed by atoms with E-state index >= 15 is 0 Å². The Balaban J connectivity index is 2.10. The first-order valence-corrected chi connectivity index (χ1v) is 6.71. The SMILES string of the molecule is CC(C)C1CCN(C(=O)c2ccc(Cl)c(N)c2)C1. The molecule has 3 nitrogen and oxygen atoms in total. The molecule has 0 aromatic heterocycles. The zero-order chi connectivity index (χ0) is 13.3. The summed E-state index contributed by atoms with van der Waals surface area (Å²) in [4.78, 5) is 14.2. The first-order valence-electron chi connectivity index (χ1n) is 6.33. The zero-order valence-electron chi connectivity index (χ0n) is 10.8. The molecule has 1 aliphatic heterocycles. The van der Waals surface area contributed by atoms with Crippen molar-refractivity contribution in [3.8, 4) is 0 Å². The molecule has 18 heavy (non-hydrogen) atoms. The highest BCUT2D eigenvalue weighted by atomic mass is 35.5. The molecule has 1 aromatic carbocycles. The minimum atomic E-state index is 0.0570. The number of carbonyl (C=O) groups is 1. The predicted octanol–water partition coefficient (Wildman–Crippen LogP) is 3.04. The number of nitrogens with zero attached hydrogens (tertiary/aromatic N) is 1. The van der Waals surface area contributed by atoms with Crippen LogP contribution in [0.25, 0.3) is 0 Å². The lowest BCUT2D eigenvalue weighted by molar-refractivity contribution is 0.0784. The number of hydrogen-bond acceptors (Lipinski definition) is 2. The molecule has 2 N–H and O–H groups in total. The van der Waals surface area contributed by atoms with E-state index in [0.29, 0.717) is 28.1 Å². The summed E-state index contributed by atoms with van der Waals surface area (Å²) in [6.45, 7) is 6.10. The van der Waals surface area contributed by atoms with Crippen LogP contribution in [0.2, 0.25) is 5.02 Å². The van der Waals surface area contributed by atoms with Gasteiger partial charge in [-0.05, 0) is 36.5 Å². The third kappa shape index (κ3) is 2.61. The Morgan fingerprint density at radius 2 is 2.22 bits per heavy atom. The Hall–Kier alpha value is -1.22. The van der Waals surface area contributed by atoms with E-state index in [1.807, 2.05) is 4.90 Å². The van der Waals surface area contributed by atoms with E-state index in [9.17, 15) is 4.79 Å². The van der Waals surface area contributed by atoms with Crippen LogP contribution in [0.5, 0.6) is 0 Å². The summed E-state index contributed by atoms with van der Waals surface area (Å²) in [6.07, 6.45) is 1.09. The minimum Gasteiger partial charge on any atom is -0.398 e. The standard InChI is InChI=1S/C14H19ClN2O/c1-9(2)11-5-6-17(8-11)14(18)10-3-4-12(15)13(16)7-10/h3-4,7,9,11H,5-6,8,16H2,1-2H3. The first-order chi connectivity index (χ1) is 8.49. The molecule has 0 aliphatic carbocycles. The molecule has 1 aliphatic rings. The quantitative estimate of drug-likeness (QED) is 0.837. The van der Waals surface area contributed by atoms with E-state index < -0.39 is 0 Å². The van der Waals surface area contributed by atoms with Gasteiger partial charge in [0.1, 0.15) is 0 Å². The Morgan fingerprint density at radius 3 is 2.78 bits per heavy atom. The van der Waals surface area contributed by atoms with E-state index in [1.165, 1.54) is 0 Å². The normalized spacial score (nSPS) is 19.6. The average molecular weight is 267 g/mol. The van der Waals surface area contributed by atoms with Crippen molar-refractivity contribution in [2.45, 2.75) is 20.3 Å². The summed E-state index contributed by atoms with van der Waals surface area (Å²) in [5, 5.41) is 0.494. The molecule has 0 radical (unpaired) electrons. The molecule has 1 unspecified atom stereocenters. The summed E-state index contributed by atoms with van der Waals surface area (Å²) in [5.74, 6) is 1.29.